The summed E-state index contributed by atoms with van der Waals surface area (Å²) in [6.45, 7) is 4.08. The topological polar surface area (TPSA) is 72.7 Å². The van der Waals surface area contributed by atoms with Gasteiger partial charge in [0.25, 0.3) is 5.91 Å². The van der Waals surface area contributed by atoms with Gasteiger partial charge < -0.3 is 5.32 Å². The second-order valence-electron chi connectivity index (χ2n) is 6.16. The average Bonchev–Trinajstić information content (AvgIpc) is 3.31. The maximum absolute atomic E-state index is 12.9. The molecule has 0 saturated heterocycles. The van der Waals surface area contributed by atoms with Crippen LogP contribution in [0.3, 0.4) is 0 Å². The van der Waals surface area contributed by atoms with Crippen LogP contribution in [0.25, 0.3) is 22.3 Å². The van der Waals surface area contributed by atoms with Crippen LogP contribution in [0, 0.1) is 0 Å². The molecule has 4 aromatic rings. The van der Waals surface area contributed by atoms with Gasteiger partial charge in [0.2, 0.25) is 0 Å². The Bertz CT molecular complexity index is 1050. The van der Waals surface area contributed by atoms with Gasteiger partial charge in [0.05, 0.1) is 22.8 Å². The van der Waals surface area contributed by atoms with E-state index in [-0.39, 0.29) is 11.9 Å². The minimum absolute atomic E-state index is 0.143. The number of rotatable bonds is 4. The number of nitrogens with zero attached hydrogens (tertiary/aromatic N) is 4. The zero-order chi connectivity index (χ0) is 18.1. The van der Waals surface area contributed by atoms with Crippen molar-refractivity contribution in [3.8, 4) is 11.3 Å². The Kier molecular flexibility index (Phi) is 4.22. The van der Waals surface area contributed by atoms with E-state index in [4.69, 9.17) is 4.98 Å². The largest absolute Gasteiger partial charge is 0.307 e. The lowest BCUT2D eigenvalue weighted by Gasteiger charge is -2.10. The summed E-state index contributed by atoms with van der Waals surface area (Å²) in [5, 5.41) is 12.0. The number of fused-ring (bicyclic) bond motifs is 1. The predicted molar refractivity (Wildman–Crippen MR) is 103 cm³/mol. The third-order valence-corrected chi connectivity index (χ3v) is 4.71. The first-order valence-electron chi connectivity index (χ1n) is 8.26. The zero-order valence-electron chi connectivity index (χ0n) is 14.4. The standard InChI is InChI=1S/C19H17N5OS/c1-12(2)24-18-15(10-21-24)14(9-16(22-18)13-6-8-26-11-13)19(25)23-17-5-3-4-7-20-17/h3-12H,1-2H3,(H,20,23,25). The second kappa shape index (κ2) is 6.68. The predicted octanol–water partition coefficient (Wildman–Crippen LogP) is 4.39. The smallest absolute Gasteiger partial charge is 0.257 e. The molecule has 0 unspecified atom stereocenters. The Morgan fingerprint density at radius 1 is 1.27 bits per heavy atom. The van der Waals surface area contributed by atoms with Crippen molar-refractivity contribution in [2.45, 2.75) is 19.9 Å². The molecule has 4 heterocycles. The normalized spacial score (nSPS) is 11.2. The molecule has 4 rings (SSSR count). The van der Waals surface area contributed by atoms with E-state index >= 15 is 0 Å². The Morgan fingerprint density at radius 2 is 2.15 bits per heavy atom. The van der Waals surface area contributed by atoms with Gasteiger partial charge in [-0.25, -0.2) is 14.6 Å². The number of pyridine rings is 2. The second-order valence-corrected chi connectivity index (χ2v) is 6.94. The van der Waals surface area contributed by atoms with Crippen LogP contribution in [0.2, 0.25) is 0 Å². The SMILES string of the molecule is CC(C)n1ncc2c(C(=O)Nc3ccccn3)cc(-c3ccsc3)nc21. The molecule has 0 fully saturated rings. The molecule has 0 radical (unpaired) electrons. The summed E-state index contributed by atoms with van der Waals surface area (Å²) < 4.78 is 1.84. The van der Waals surface area contributed by atoms with E-state index in [0.717, 1.165) is 16.6 Å². The van der Waals surface area contributed by atoms with E-state index in [2.05, 4.69) is 15.4 Å². The molecule has 0 atom stereocenters. The summed E-state index contributed by atoms with van der Waals surface area (Å²) in [7, 11) is 0. The molecule has 0 bridgehead atoms. The highest BCUT2D eigenvalue weighted by atomic mass is 32.1. The quantitative estimate of drug-likeness (QED) is 0.584. The molecular formula is C19H17N5OS. The minimum atomic E-state index is -0.226. The van der Waals surface area contributed by atoms with Crippen molar-refractivity contribution in [3.05, 3.63) is 59.0 Å². The maximum atomic E-state index is 12.9. The molecule has 130 valence electrons. The van der Waals surface area contributed by atoms with Crippen LogP contribution < -0.4 is 5.32 Å². The highest BCUT2D eigenvalue weighted by molar-refractivity contribution is 7.08. The van der Waals surface area contributed by atoms with Crippen LogP contribution in [0.15, 0.2) is 53.5 Å². The van der Waals surface area contributed by atoms with Gasteiger partial charge in [-0.05, 0) is 43.5 Å². The van der Waals surface area contributed by atoms with E-state index in [1.54, 1.807) is 29.8 Å². The molecule has 26 heavy (non-hydrogen) atoms. The summed E-state index contributed by atoms with van der Waals surface area (Å²) in [6, 6.07) is 9.35. The van der Waals surface area contributed by atoms with E-state index < -0.39 is 0 Å². The lowest BCUT2D eigenvalue weighted by atomic mass is 10.1. The van der Waals surface area contributed by atoms with Crippen molar-refractivity contribution in [2.24, 2.45) is 0 Å². The molecular weight excluding hydrogens is 346 g/mol. The Morgan fingerprint density at radius 3 is 2.85 bits per heavy atom. The van der Waals surface area contributed by atoms with Crippen molar-refractivity contribution in [1.29, 1.82) is 0 Å². The monoisotopic (exact) mass is 363 g/mol. The number of anilines is 1. The van der Waals surface area contributed by atoms with E-state index in [1.165, 1.54) is 0 Å². The van der Waals surface area contributed by atoms with Crippen LogP contribution in [-0.2, 0) is 0 Å². The molecule has 1 amide bonds. The van der Waals surface area contributed by atoms with Crippen LogP contribution in [0.4, 0.5) is 5.82 Å². The van der Waals surface area contributed by atoms with E-state index in [9.17, 15) is 4.79 Å². The summed E-state index contributed by atoms with van der Waals surface area (Å²) in [5.41, 5.74) is 2.98. The van der Waals surface area contributed by atoms with Crippen LogP contribution in [0.1, 0.15) is 30.2 Å². The molecule has 4 aromatic heterocycles. The van der Waals surface area contributed by atoms with Gasteiger partial charge in [0.15, 0.2) is 5.65 Å². The summed E-state index contributed by atoms with van der Waals surface area (Å²) in [4.78, 5) is 21.8. The average molecular weight is 363 g/mol. The van der Waals surface area contributed by atoms with Gasteiger partial charge in [0.1, 0.15) is 5.82 Å². The molecule has 0 aliphatic heterocycles. The highest BCUT2D eigenvalue weighted by Gasteiger charge is 2.19. The number of aromatic nitrogens is 4. The third kappa shape index (κ3) is 2.97. The third-order valence-electron chi connectivity index (χ3n) is 4.02. The fourth-order valence-corrected chi connectivity index (χ4v) is 3.41. The number of carbonyl (C=O) groups is 1. The van der Waals surface area contributed by atoms with Gasteiger partial charge >= 0.3 is 0 Å². The number of thiophene rings is 1. The molecule has 0 aliphatic rings. The van der Waals surface area contributed by atoms with E-state index in [1.807, 2.05) is 53.6 Å². The van der Waals surface area contributed by atoms with E-state index in [0.29, 0.717) is 17.0 Å². The lowest BCUT2D eigenvalue weighted by molar-refractivity contribution is 0.102. The van der Waals surface area contributed by atoms with Crippen molar-refractivity contribution in [2.75, 3.05) is 5.32 Å². The summed E-state index contributed by atoms with van der Waals surface area (Å²) in [5.74, 6) is 0.284. The molecule has 0 spiro atoms. The molecule has 0 aliphatic carbocycles. The number of nitrogens with one attached hydrogen (secondary N) is 1. The van der Waals surface area contributed by atoms with Crippen LogP contribution in [-0.4, -0.2) is 25.7 Å². The number of hydrogen-bond donors (Lipinski definition) is 1. The number of hydrogen-bond acceptors (Lipinski definition) is 5. The fraction of sp³-hybridized carbons (Fsp3) is 0.158. The van der Waals surface area contributed by atoms with Crippen molar-refractivity contribution < 1.29 is 4.79 Å². The lowest BCUT2D eigenvalue weighted by Crippen LogP contribution is -2.14. The van der Waals surface area contributed by atoms with Crippen LogP contribution >= 0.6 is 11.3 Å². The Labute approximate surface area is 154 Å². The van der Waals surface area contributed by atoms with Crippen molar-refractivity contribution >= 4 is 34.1 Å². The first-order chi connectivity index (χ1) is 12.6. The van der Waals surface area contributed by atoms with Gasteiger partial charge in [0, 0.05) is 23.2 Å². The molecule has 0 aromatic carbocycles. The Hall–Kier alpha value is -3.06. The first-order valence-corrected chi connectivity index (χ1v) is 9.21. The summed E-state index contributed by atoms with van der Waals surface area (Å²) in [6.07, 6.45) is 3.35. The minimum Gasteiger partial charge on any atom is -0.307 e. The van der Waals surface area contributed by atoms with Gasteiger partial charge in [-0.3, -0.25) is 4.79 Å². The summed E-state index contributed by atoms with van der Waals surface area (Å²) >= 11 is 1.60. The molecule has 1 N–H and O–H groups in total. The molecule has 0 saturated carbocycles. The van der Waals surface area contributed by atoms with Gasteiger partial charge in [-0.2, -0.15) is 16.4 Å². The maximum Gasteiger partial charge on any atom is 0.257 e. The highest BCUT2D eigenvalue weighted by Crippen LogP contribution is 2.28. The van der Waals surface area contributed by atoms with Crippen LogP contribution in [0.5, 0.6) is 0 Å². The number of amides is 1. The fourth-order valence-electron chi connectivity index (χ4n) is 2.76. The molecule has 7 heteroatoms. The molecule has 6 nitrogen and oxygen atoms in total. The van der Waals surface area contributed by atoms with Gasteiger partial charge in [-0.15, -0.1) is 0 Å². The Balaban J connectivity index is 1.85. The van der Waals surface area contributed by atoms with Crippen molar-refractivity contribution in [3.63, 3.8) is 0 Å². The van der Waals surface area contributed by atoms with Gasteiger partial charge in [-0.1, -0.05) is 6.07 Å². The zero-order valence-corrected chi connectivity index (χ0v) is 15.2. The number of carbonyl (C=O) groups excluding carboxylic acids is 1. The van der Waals surface area contributed by atoms with Crippen molar-refractivity contribution in [1.82, 2.24) is 19.7 Å². The first kappa shape index (κ1) is 16.4.